The summed E-state index contributed by atoms with van der Waals surface area (Å²) >= 11 is 0. The Labute approximate surface area is 102 Å². The fraction of sp³-hybridized carbons (Fsp3) is 0.727. The molecule has 2 atom stereocenters. The van der Waals surface area contributed by atoms with Gasteiger partial charge in [0.25, 0.3) is 0 Å². The van der Waals surface area contributed by atoms with Gasteiger partial charge in [-0.05, 0) is 26.8 Å². The zero-order valence-electron chi connectivity index (χ0n) is 10.1. The van der Waals surface area contributed by atoms with Gasteiger partial charge in [-0.25, -0.2) is 13.4 Å². The lowest BCUT2D eigenvalue weighted by Gasteiger charge is -2.18. The number of nitrogens with zero attached hydrogens (tertiary/aromatic N) is 1. The standard InChI is InChI=1S/C11H18N2O3S/c1-8(12-2)10-6-16-11(13-10)9-4-3-5-17(14,15)7-9/h6,8-9,12H,3-5,7H2,1-2H3. The fourth-order valence-corrected chi connectivity index (χ4v) is 3.75. The quantitative estimate of drug-likeness (QED) is 0.883. The smallest absolute Gasteiger partial charge is 0.198 e. The molecule has 2 rings (SSSR count). The molecular weight excluding hydrogens is 240 g/mol. The molecule has 0 bridgehead atoms. The van der Waals surface area contributed by atoms with Crippen molar-refractivity contribution >= 4 is 9.84 Å². The number of sulfone groups is 1. The SMILES string of the molecule is CNC(C)c1coc(C2CCCS(=O)(=O)C2)n1. The minimum atomic E-state index is -2.91. The number of aromatic nitrogens is 1. The summed E-state index contributed by atoms with van der Waals surface area (Å²) in [7, 11) is -1.06. The summed E-state index contributed by atoms with van der Waals surface area (Å²) in [6.45, 7) is 1.99. The van der Waals surface area contributed by atoms with Crippen LogP contribution in [0.25, 0.3) is 0 Å². The average Bonchev–Trinajstić information content (AvgIpc) is 2.76. The van der Waals surface area contributed by atoms with E-state index in [9.17, 15) is 8.42 Å². The van der Waals surface area contributed by atoms with Crippen LogP contribution < -0.4 is 5.32 Å². The molecule has 96 valence electrons. The number of oxazole rings is 1. The van der Waals surface area contributed by atoms with E-state index < -0.39 is 9.84 Å². The van der Waals surface area contributed by atoms with E-state index in [1.807, 2.05) is 14.0 Å². The van der Waals surface area contributed by atoms with Crippen LogP contribution in [0.15, 0.2) is 10.7 Å². The molecule has 0 aromatic carbocycles. The lowest BCUT2D eigenvalue weighted by atomic mass is 10.1. The number of nitrogens with one attached hydrogen (secondary N) is 1. The molecule has 2 unspecified atom stereocenters. The third kappa shape index (κ3) is 2.87. The second kappa shape index (κ2) is 4.78. The summed E-state index contributed by atoms with van der Waals surface area (Å²) < 4.78 is 28.5. The Morgan fingerprint density at radius 3 is 3.00 bits per heavy atom. The maximum absolute atomic E-state index is 11.5. The molecule has 1 aromatic heterocycles. The molecule has 1 aliphatic rings. The summed E-state index contributed by atoms with van der Waals surface area (Å²) in [4.78, 5) is 4.38. The highest BCUT2D eigenvalue weighted by atomic mass is 32.2. The first-order valence-corrected chi connectivity index (χ1v) is 7.67. The van der Waals surface area contributed by atoms with Crippen molar-refractivity contribution in [3.63, 3.8) is 0 Å². The van der Waals surface area contributed by atoms with Crippen molar-refractivity contribution < 1.29 is 12.8 Å². The Bertz CT molecular complexity index is 481. The van der Waals surface area contributed by atoms with Crippen LogP contribution in [-0.4, -0.2) is 32.0 Å². The highest BCUT2D eigenvalue weighted by Gasteiger charge is 2.29. The van der Waals surface area contributed by atoms with Crippen molar-refractivity contribution in [3.05, 3.63) is 17.8 Å². The lowest BCUT2D eigenvalue weighted by Crippen LogP contribution is -2.24. The third-order valence-corrected chi connectivity index (χ3v) is 5.05. The molecular formula is C11H18N2O3S. The van der Waals surface area contributed by atoms with Crippen molar-refractivity contribution in [2.24, 2.45) is 0 Å². The second-order valence-corrected chi connectivity index (χ2v) is 6.80. The van der Waals surface area contributed by atoms with E-state index in [0.29, 0.717) is 18.1 Å². The van der Waals surface area contributed by atoms with E-state index in [1.54, 1.807) is 6.26 Å². The van der Waals surface area contributed by atoms with Crippen molar-refractivity contribution in [1.82, 2.24) is 10.3 Å². The Morgan fingerprint density at radius 1 is 1.59 bits per heavy atom. The van der Waals surface area contributed by atoms with E-state index in [1.165, 1.54) is 0 Å². The van der Waals surface area contributed by atoms with Gasteiger partial charge < -0.3 is 9.73 Å². The van der Waals surface area contributed by atoms with Crippen LogP contribution in [0, 0.1) is 0 Å². The average molecular weight is 258 g/mol. The molecule has 1 fully saturated rings. The van der Waals surface area contributed by atoms with Crippen LogP contribution in [-0.2, 0) is 9.84 Å². The molecule has 2 heterocycles. The maximum atomic E-state index is 11.5. The van der Waals surface area contributed by atoms with Crippen LogP contribution in [0.4, 0.5) is 0 Å². The van der Waals surface area contributed by atoms with E-state index in [0.717, 1.165) is 12.1 Å². The first-order chi connectivity index (χ1) is 8.02. The monoisotopic (exact) mass is 258 g/mol. The van der Waals surface area contributed by atoms with Crippen LogP contribution in [0.3, 0.4) is 0 Å². The molecule has 1 N–H and O–H groups in total. The van der Waals surface area contributed by atoms with E-state index in [2.05, 4.69) is 10.3 Å². The van der Waals surface area contributed by atoms with Crippen LogP contribution >= 0.6 is 0 Å². The van der Waals surface area contributed by atoms with Crippen molar-refractivity contribution in [1.29, 1.82) is 0 Å². The number of rotatable bonds is 3. The minimum absolute atomic E-state index is 0.0773. The summed E-state index contributed by atoms with van der Waals surface area (Å²) in [6, 6.07) is 0.118. The predicted molar refractivity (Wildman–Crippen MR) is 64.6 cm³/mol. The first-order valence-electron chi connectivity index (χ1n) is 5.85. The predicted octanol–water partition coefficient (Wildman–Crippen LogP) is 1.25. The lowest BCUT2D eigenvalue weighted by molar-refractivity contribution is 0.434. The zero-order valence-corrected chi connectivity index (χ0v) is 11.0. The number of hydrogen-bond acceptors (Lipinski definition) is 5. The van der Waals surface area contributed by atoms with Gasteiger partial charge in [0.15, 0.2) is 15.7 Å². The Balaban J connectivity index is 2.15. The van der Waals surface area contributed by atoms with Crippen LogP contribution in [0.5, 0.6) is 0 Å². The number of hydrogen-bond donors (Lipinski definition) is 1. The largest absolute Gasteiger partial charge is 0.448 e. The van der Waals surface area contributed by atoms with Crippen LogP contribution in [0.1, 0.15) is 43.3 Å². The fourth-order valence-electron chi connectivity index (χ4n) is 2.05. The Hall–Kier alpha value is -0.880. The van der Waals surface area contributed by atoms with Gasteiger partial charge in [0.1, 0.15) is 6.26 Å². The molecule has 0 amide bonds. The molecule has 0 radical (unpaired) electrons. The third-order valence-electron chi connectivity index (χ3n) is 3.23. The molecule has 17 heavy (non-hydrogen) atoms. The molecule has 1 aliphatic heterocycles. The molecule has 5 nitrogen and oxygen atoms in total. The highest BCUT2D eigenvalue weighted by molar-refractivity contribution is 7.91. The molecule has 1 aromatic rings. The van der Waals surface area contributed by atoms with Crippen molar-refractivity contribution in [2.45, 2.75) is 31.7 Å². The van der Waals surface area contributed by atoms with Crippen LogP contribution in [0.2, 0.25) is 0 Å². The van der Waals surface area contributed by atoms with Gasteiger partial charge in [0.2, 0.25) is 0 Å². The zero-order chi connectivity index (χ0) is 12.5. The summed E-state index contributed by atoms with van der Waals surface area (Å²) in [5.74, 6) is 0.946. The molecule has 0 saturated carbocycles. The van der Waals surface area contributed by atoms with E-state index in [4.69, 9.17) is 4.42 Å². The van der Waals surface area contributed by atoms with Gasteiger partial charge >= 0.3 is 0 Å². The second-order valence-electron chi connectivity index (χ2n) is 4.57. The Kier molecular flexibility index (Phi) is 3.53. The normalized spacial score (nSPS) is 25.6. The van der Waals surface area contributed by atoms with Gasteiger partial charge in [-0.15, -0.1) is 0 Å². The molecule has 1 saturated heterocycles. The summed E-state index contributed by atoms with van der Waals surface area (Å²) in [5, 5.41) is 3.07. The van der Waals surface area contributed by atoms with E-state index >= 15 is 0 Å². The highest BCUT2D eigenvalue weighted by Crippen LogP contribution is 2.28. The van der Waals surface area contributed by atoms with Gasteiger partial charge in [0, 0.05) is 12.0 Å². The molecule has 0 aliphatic carbocycles. The Morgan fingerprint density at radius 2 is 2.35 bits per heavy atom. The minimum Gasteiger partial charge on any atom is -0.448 e. The topological polar surface area (TPSA) is 72.2 Å². The van der Waals surface area contributed by atoms with Gasteiger partial charge in [-0.1, -0.05) is 0 Å². The molecule has 0 spiro atoms. The maximum Gasteiger partial charge on any atom is 0.198 e. The van der Waals surface area contributed by atoms with Crippen molar-refractivity contribution in [3.8, 4) is 0 Å². The summed E-state index contributed by atoms with van der Waals surface area (Å²) in [6.07, 6.45) is 3.15. The van der Waals surface area contributed by atoms with Gasteiger partial charge in [0.05, 0.1) is 17.2 Å². The van der Waals surface area contributed by atoms with Gasteiger partial charge in [-0.2, -0.15) is 0 Å². The van der Waals surface area contributed by atoms with Gasteiger partial charge in [-0.3, -0.25) is 0 Å². The molecule has 6 heteroatoms. The van der Waals surface area contributed by atoms with E-state index in [-0.39, 0.29) is 17.7 Å². The summed E-state index contributed by atoms with van der Waals surface area (Å²) in [5.41, 5.74) is 0.825. The van der Waals surface area contributed by atoms with Crippen molar-refractivity contribution in [2.75, 3.05) is 18.6 Å². The first kappa shape index (κ1) is 12.6.